The summed E-state index contributed by atoms with van der Waals surface area (Å²) in [4.78, 5) is 0.0427. The molecule has 0 atom stereocenters. The van der Waals surface area contributed by atoms with Gasteiger partial charge in [-0.2, -0.15) is 0 Å². The number of nitrogens with one attached hydrogen (secondary N) is 1. The molecule has 0 spiro atoms. The molecule has 2 aromatic rings. The van der Waals surface area contributed by atoms with Crippen LogP contribution in [0.25, 0.3) is 0 Å². The minimum Gasteiger partial charge on any atom is -0.492 e. The quantitative estimate of drug-likeness (QED) is 0.834. The molecule has 0 amide bonds. The van der Waals surface area contributed by atoms with E-state index in [1.807, 2.05) is 18.2 Å². The highest BCUT2D eigenvalue weighted by atomic mass is 32.2. The smallest absolute Gasteiger partial charge is 0.240 e. The lowest BCUT2D eigenvalue weighted by Gasteiger charge is -2.09. The molecule has 112 valence electrons. The topological polar surface area (TPSA) is 55.4 Å². The van der Waals surface area contributed by atoms with Gasteiger partial charge in [0.05, 0.1) is 4.90 Å². The predicted molar refractivity (Wildman–Crippen MR) is 78.3 cm³/mol. The third-order valence-electron chi connectivity index (χ3n) is 2.85. The zero-order valence-corrected chi connectivity index (χ0v) is 12.4. The lowest BCUT2D eigenvalue weighted by Crippen LogP contribution is -2.28. The average Bonchev–Trinajstić information content (AvgIpc) is 2.47. The number of benzene rings is 2. The first-order chi connectivity index (χ1) is 9.99. The van der Waals surface area contributed by atoms with E-state index in [2.05, 4.69) is 4.72 Å². The summed E-state index contributed by atoms with van der Waals surface area (Å²) in [7, 11) is -3.65. The van der Waals surface area contributed by atoms with Crippen molar-refractivity contribution in [1.82, 2.24) is 4.72 Å². The van der Waals surface area contributed by atoms with Gasteiger partial charge in [0.2, 0.25) is 10.0 Å². The number of rotatable bonds is 6. The fraction of sp³-hybridized carbons (Fsp3) is 0.200. The zero-order valence-electron chi connectivity index (χ0n) is 11.5. The molecule has 2 aromatic carbocycles. The molecule has 0 aliphatic carbocycles. The van der Waals surface area contributed by atoms with Gasteiger partial charge in [0, 0.05) is 6.54 Å². The highest BCUT2D eigenvalue weighted by molar-refractivity contribution is 7.89. The standard InChI is InChI=1S/C15H16FNO3S/c1-12-11-14(7-8-15(12)16)21(18,19)17-9-10-20-13-5-3-2-4-6-13/h2-8,11,17H,9-10H2,1H3. The Morgan fingerprint density at radius 1 is 1.14 bits per heavy atom. The van der Waals surface area contributed by atoms with Crippen LogP contribution < -0.4 is 9.46 Å². The molecule has 6 heteroatoms. The molecule has 0 saturated carbocycles. The number of hydrogen-bond donors (Lipinski definition) is 1. The molecule has 2 rings (SSSR count). The van der Waals surface area contributed by atoms with Gasteiger partial charge in [0.25, 0.3) is 0 Å². The van der Waals surface area contributed by atoms with Crippen LogP contribution in [0, 0.1) is 12.7 Å². The van der Waals surface area contributed by atoms with Crippen LogP contribution in [0.4, 0.5) is 4.39 Å². The van der Waals surface area contributed by atoms with E-state index in [0.29, 0.717) is 11.3 Å². The van der Waals surface area contributed by atoms with E-state index in [9.17, 15) is 12.8 Å². The maximum absolute atomic E-state index is 13.1. The Morgan fingerprint density at radius 2 is 1.86 bits per heavy atom. The molecule has 0 heterocycles. The summed E-state index contributed by atoms with van der Waals surface area (Å²) in [5, 5.41) is 0. The van der Waals surface area contributed by atoms with Crippen LogP contribution in [-0.4, -0.2) is 21.6 Å². The molecule has 0 aliphatic heterocycles. The molecule has 0 radical (unpaired) electrons. The number of hydrogen-bond acceptors (Lipinski definition) is 3. The molecular formula is C15H16FNO3S. The minimum atomic E-state index is -3.65. The molecule has 0 saturated heterocycles. The SMILES string of the molecule is Cc1cc(S(=O)(=O)NCCOc2ccccc2)ccc1F. The first-order valence-corrected chi connectivity index (χ1v) is 7.91. The van der Waals surface area contributed by atoms with E-state index in [-0.39, 0.29) is 18.0 Å². The van der Waals surface area contributed by atoms with Crippen LogP contribution >= 0.6 is 0 Å². The van der Waals surface area contributed by atoms with Gasteiger partial charge < -0.3 is 4.74 Å². The monoisotopic (exact) mass is 309 g/mol. The summed E-state index contributed by atoms with van der Waals surface area (Å²) >= 11 is 0. The molecule has 1 N–H and O–H groups in total. The van der Waals surface area contributed by atoms with Gasteiger partial charge in [0.15, 0.2) is 0 Å². The summed E-state index contributed by atoms with van der Waals surface area (Å²) in [5.74, 6) is 0.246. The van der Waals surface area contributed by atoms with E-state index in [1.54, 1.807) is 12.1 Å². The summed E-state index contributed by atoms with van der Waals surface area (Å²) in [6.07, 6.45) is 0. The highest BCUT2D eigenvalue weighted by Gasteiger charge is 2.14. The van der Waals surface area contributed by atoms with Crippen molar-refractivity contribution in [3.63, 3.8) is 0 Å². The Labute approximate surface area is 123 Å². The van der Waals surface area contributed by atoms with Gasteiger partial charge in [-0.1, -0.05) is 18.2 Å². The van der Waals surface area contributed by atoms with Gasteiger partial charge in [-0.05, 0) is 42.8 Å². The van der Waals surface area contributed by atoms with E-state index in [0.717, 1.165) is 6.07 Å². The van der Waals surface area contributed by atoms with Crippen molar-refractivity contribution in [2.24, 2.45) is 0 Å². The number of sulfonamides is 1. The Morgan fingerprint density at radius 3 is 2.52 bits per heavy atom. The maximum atomic E-state index is 13.1. The molecular weight excluding hydrogens is 293 g/mol. The molecule has 0 fully saturated rings. The van der Waals surface area contributed by atoms with Gasteiger partial charge in [-0.3, -0.25) is 0 Å². The van der Waals surface area contributed by atoms with Crippen molar-refractivity contribution in [2.75, 3.05) is 13.2 Å². The van der Waals surface area contributed by atoms with E-state index in [4.69, 9.17) is 4.74 Å². The van der Waals surface area contributed by atoms with Gasteiger partial charge in [-0.15, -0.1) is 0 Å². The summed E-state index contributed by atoms with van der Waals surface area (Å²) < 4.78 is 45.0. The number of para-hydroxylation sites is 1. The minimum absolute atomic E-state index is 0.0427. The van der Waals surface area contributed by atoms with Gasteiger partial charge >= 0.3 is 0 Å². The summed E-state index contributed by atoms with van der Waals surface area (Å²) in [5.41, 5.74) is 0.290. The number of ether oxygens (including phenoxy) is 1. The van der Waals surface area contributed by atoms with Crippen molar-refractivity contribution < 1.29 is 17.5 Å². The Bertz CT molecular complexity index is 702. The molecule has 0 aliphatic rings. The van der Waals surface area contributed by atoms with Crippen molar-refractivity contribution in [2.45, 2.75) is 11.8 Å². The first kappa shape index (κ1) is 15.5. The predicted octanol–water partition coefficient (Wildman–Crippen LogP) is 2.49. The maximum Gasteiger partial charge on any atom is 0.240 e. The fourth-order valence-electron chi connectivity index (χ4n) is 1.73. The molecule has 0 bridgehead atoms. The zero-order chi connectivity index (χ0) is 15.3. The normalized spacial score (nSPS) is 11.3. The molecule has 4 nitrogen and oxygen atoms in total. The van der Waals surface area contributed by atoms with Crippen molar-refractivity contribution in [3.05, 3.63) is 59.9 Å². The van der Waals surface area contributed by atoms with E-state index < -0.39 is 15.8 Å². The van der Waals surface area contributed by atoms with Crippen LogP contribution in [0.15, 0.2) is 53.4 Å². The molecule has 21 heavy (non-hydrogen) atoms. The Hall–Kier alpha value is -1.92. The second-order valence-electron chi connectivity index (χ2n) is 4.47. The second-order valence-corrected chi connectivity index (χ2v) is 6.24. The molecule has 0 aromatic heterocycles. The van der Waals surface area contributed by atoms with Crippen LogP contribution in [-0.2, 0) is 10.0 Å². The van der Waals surface area contributed by atoms with E-state index >= 15 is 0 Å². The number of aryl methyl sites for hydroxylation is 1. The third kappa shape index (κ3) is 4.27. The molecule has 0 unspecified atom stereocenters. The van der Waals surface area contributed by atoms with Crippen molar-refractivity contribution in [1.29, 1.82) is 0 Å². The lowest BCUT2D eigenvalue weighted by molar-refractivity contribution is 0.323. The fourth-order valence-corrected chi connectivity index (χ4v) is 2.83. The van der Waals surface area contributed by atoms with Crippen LogP contribution in [0.1, 0.15) is 5.56 Å². The average molecular weight is 309 g/mol. The highest BCUT2D eigenvalue weighted by Crippen LogP contribution is 2.14. The van der Waals surface area contributed by atoms with Crippen molar-refractivity contribution in [3.8, 4) is 5.75 Å². The number of halogens is 1. The summed E-state index contributed by atoms with van der Waals surface area (Å²) in [6.45, 7) is 1.87. The van der Waals surface area contributed by atoms with Gasteiger partial charge in [-0.25, -0.2) is 17.5 Å². The van der Waals surface area contributed by atoms with Gasteiger partial charge in [0.1, 0.15) is 18.2 Å². The van der Waals surface area contributed by atoms with E-state index in [1.165, 1.54) is 19.1 Å². The largest absolute Gasteiger partial charge is 0.492 e. The summed E-state index contributed by atoms with van der Waals surface area (Å²) in [6, 6.07) is 12.8. The van der Waals surface area contributed by atoms with Crippen LogP contribution in [0.3, 0.4) is 0 Å². The Kier molecular flexibility index (Phi) is 4.93. The lowest BCUT2D eigenvalue weighted by atomic mass is 10.2. The van der Waals surface area contributed by atoms with Crippen molar-refractivity contribution >= 4 is 10.0 Å². The van der Waals surface area contributed by atoms with Crippen LogP contribution in [0.2, 0.25) is 0 Å². The van der Waals surface area contributed by atoms with Crippen LogP contribution in [0.5, 0.6) is 5.75 Å². The Balaban J connectivity index is 1.91. The first-order valence-electron chi connectivity index (χ1n) is 6.43. The second kappa shape index (κ2) is 6.69. The third-order valence-corrected chi connectivity index (χ3v) is 4.30.